The van der Waals surface area contributed by atoms with Crippen LogP contribution < -0.4 is 5.32 Å². The number of hydrogen-bond donors (Lipinski definition) is 2. The standard InChI is InChI=1S/C10H12BrNO/c1-12-9-5-6-4-7(11)2-3-8(6)10(9)13/h2-4,9-10,12-13H,5H2,1H3. The first-order chi connectivity index (χ1) is 6.22. The number of aliphatic hydroxyl groups is 1. The second-order valence-electron chi connectivity index (χ2n) is 3.39. The molecule has 70 valence electrons. The van der Waals surface area contributed by atoms with Crippen molar-refractivity contribution >= 4 is 15.9 Å². The van der Waals surface area contributed by atoms with E-state index >= 15 is 0 Å². The van der Waals surface area contributed by atoms with E-state index in [1.807, 2.05) is 19.2 Å². The van der Waals surface area contributed by atoms with Crippen molar-refractivity contribution in [1.29, 1.82) is 0 Å². The Bertz CT molecular complexity index is 327. The SMILES string of the molecule is CNC1Cc2cc(Br)ccc2C1O. The molecular formula is C10H12BrNO. The number of halogens is 1. The van der Waals surface area contributed by atoms with E-state index in [9.17, 15) is 5.11 Å². The fourth-order valence-corrected chi connectivity index (χ4v) is 2.27. The molecule has 0 saturated carbocycles. The third-order valence-electron chi connectivity index (χ3n) is 2.62. The number of likely N-dealkylation sites (N-methyl/N-ethyl adjacent to an activating group) is 1. The van der Waals surface area contributed by atoms with E-state index in [1.165, 1.54) is 5.56 Å². The zero-order valence-corrected chi connectivity index (χ0v) is 9.01. The van der Waals surface area contributed by atoms with Crippen molar-refractivity contribution in [3.63, 3.8) is 0 Å². The Morgan fingerprint density at radius 3 is 3.00 bits per heavy atom. The number of fused-ring (bicyclic) bond motifs is 1. The second-order valence-corrected chi connectivity index (χ2v) is 4.30. The molecule has 1 aliphatic rings. The van der Waals surface area contributed by atoms with Gasteiger partial charge in [0.05, 0.1) is 6.10 Å². The highest BCUT2D eigenvalue weighted by atomic mass is 79.9. The van der Waals surface area contributed by atoms with Gasteiger partial charge in [0.1, 0.15) is 0 Å². The summed E-state index contributed by atoms with van der Waals surface area (Å²) >= 11 is 3.42. The number of benzene rings is 1. The van der Waals surface area contributed by atoms with Gasteiger partial charge in [-0.3, -0.25) is 0 Å². The summed E-state index contributed by atoms with van der Waals surface area (Å²) < 4.78 is 1.08. The topological polar surface area (TPSA) is 32.3 Å². The highest BCUT2D eigenvalue weighted by molar-refractivity contribution is 9.10. The van der Waals surface area contributed by atoms with Gasteiger partial charge in [0.2, 0.25) is 0 Å². The van der Waals surface area contributed by atoms with E-state index in [4.69, 9.17) is 0 Å². The molecule has 2 rings (SSSR count). The summed E-state index contributed by atoms with van der Waals surface area (Å²) in [5.74, 6) is 0. The Balaban J connectivity index is 2.38. The van der Waals surface area contributed by atoms with Gasteiger partial charge >= 0.3 is 0 Å². The van der Waals surface area contributed by atoms with Crippen molar-refractivity contribution in [2.75, 3.05) is 7.05 Å². The van der Waals surface area contributed by atoms with Crippen LogP contribution >= 0.6 is 15.9 Å². The summed E-state index contributed by atoms with van der Waals surface area (Å²) in [5, 5.41) is 13.0. The molecule has 2 N–H and O–H groups in total. The van der Waals surface area contributed by atoms with Crippen LogP contribution in [0.4, 0.5) is 0 Å². The van der Waals surface area contributed by atoms with E-state index in [2.05, 4.69) is 27.3 Å². The lowest BCUT2D eigenvalue weighted by Crippen LogP contribution is -2.29. The van der Waals surface area contributed by atoms with Gasteiger partial charge in [0, 0.05) is 10.5 Å². The minimum atomic E-state index is -0.354. The van der Waals surface area contributed by atoms with Crippen molar-refractivity contribution in [2.24, 2.45) is 0 Å². The van der Waals surface area contributed by atoms with Crippen LogP contribution in [0, 0.1) is 0 Å². The molecule has 0 amide bonds. The Morgan fingerprint density at radius 2 is 2.31 bits per heavy atom. The predicted molar refractivity (Wildman–Crippen MR) is 55.7 cm³/mol. The molecule has 0 radical (unpaired) electrons. The van der Waals surface area contributed by atoms with E-state index in [0.29, 0.717) is 0 Å². The molecule has 13 heavy (non-hydrogen) atoms. The summed E-state index contributed by atoms with van der Waals surface area (Å²) in [6.45, 7) is 0. The van der Waals surface area contributed by atoms with E-state index < -0.39 is 0 Å². The van der Waals surface area contributed by atoms with Gasteiger partial charge in [0.25, 0.3) is 0 Å². The maximum absolute atomic E-state index is 9.85. The molecule has 0 spiro atoms. The van der Waals surface area contributed by atoms with Crippen molar-refractivity contribution in [3.8, 4) is 0 Å². The number of hydrogen-bond acceptors (Lipinski definition) is 2. The lowest BCUT2D eigenvalue weighted by Gasteiger charge is -2.12. The zero-order valence-electron chi connectivity index (χ0n) is 7.42. The van der Waals surface area contributed by atoms with Gasteiger partial charge in [-0.05, 0) is 36.7 Å². The fraction of sp³-hybridized carbons (Fsp3) is 0.400. The molecule has 1 aromatic carbocycles. The van der Waals surface area contributed by atoms with Gasteiger partial charge in [-0.2, -0.15) is 0 Å². The molecule has 2 atom stereocenters. The molecule has 2 unspecified atom stereocenters. The Morgan fingerprint density at radius 1 is 1.54 bits per heavy atom. The first kappa shape index (κ1) is 9.19. The molecule has 0 aromatic heterocycles. The van der Waals surface area contributed by atoms with Crippen molar-refractivity contribution in [2.45, 2.75) is 18.6 Å². The number of rotatable bonds is 1. The fourth-order valence-electron chi connectivity index (χ4n) is 1.86. The van der Waals surface area contributed by atoms with Crippen LogP contribution in [0.25, 0.3) is 0 Å². The average molecular weight is 242 g/mol. The first-order valence-corrected chi connectivity index (χ1v) is 5.15. The normalized spacial score (nSPS) is 26.1. The van der Waals surface area contributed by atoms with Crippen LogP contribution in [-0.4, -0.2) is 18.2 Å². The summed E-state index contributed by atoms with van der Waals surface area (Å²) in [7, 11) is 1.88. The summed E-state index contributed by atoms with van der Waals surface area (Å²) in [6, 6.07) is 6.21. The molecule has 0 bridgehead atoms. The van der Waals surface area contributed by atoms with E-state index in [1.54, 1.807) is 0 Å². The van der Waals surface area contributed by atoms with Crippen LogP contribution in [-0.2, 0) is 6.42 Å². The molecule has 0 saturated heterocycles. The van der Waals surface area contributed by atoms with Crippen molar-refractivity contribution in [3.05, 3.63) is 33.8 Å². The van der Waals surface area contributed by atoms with Gasteiger partial charge in [-0.25, -0.2) is 0 Å². The summed E-state index contributed by atoms with van der Waals surface area (Å²) in [5.41, 5.74) is 2.30. The van der Waals surface area contributed by atoms with Gasteiger partial charge < -0.3 is 10.4 Å². The van der Waals surface area contributed by atoms with Crippen molar-refractivity contribution < 1.29 is 5.11 Å². The highest BCUT2D eigenvalue weighted by Gasteiger charge is 2.29. The maximum atomic E-state index is 9.85. The molecule has 3 heteroatoms. The molecular weight excluding hydrogens is 230 g/mol. The quantitative estimate of drug-likeness (QED) is 0.784. The molecule has 1 aromatic rings. The average Bonchev–Trinajstić information content (AvgIpc) is 2.42. The highest BCUT2D eigenvalue weighted by Crippen LogP contribution is 2.32. The molecule has 0 heterocycles. The maximum Gasteiger partial charge on any atom is 0.0948 e. The lowest BCUT2D eigenvalue weighted by molar-refractivity contribution is 0.146. The van der Waals surface area contributed by atoms with Crippen molar-refractivity contribution in [1.82, 2.24) is 5.32 Å². The lowest BCUT2D eigenvalue weighted by atomic mass is 10.1. The van der Waals surface area contributed by atoms with Crippen LogP contribution in [0.1, 0.15) is 17.2 Å². The molecule has 2 nitrogen and oxygen atoms in total. The second kappa shape index (κ2) is 3.40. The Kier molecular flexibility index (Phi) is 2.41. The summed E-state index contributed by atoms with van der Waals surface area (Å²) in [4.78, 5) is 0. The van der Waals surface area contributed by atoms with Gasteiger partial charge in [-0.15, -0.1) is 0 Å². The van der Waals surface area contributed by atoms with Gasteiger partial charge in [-0.1, -0.05) is 22.0 Å². The molecule has 0 aliphatic heterocycles. The largest absolute Gasteiger partial charge is 0.387 e. The first-order valence-electron chi connectivity index (χ1n) is 4.36. The zero-order chi connectivity index (χ0) is 9.42. The predicted octanol–water partition coefficient (Wildman–Crippen LogP) is 1.63. The third-order valence-corrected chi connectivity index (χ3v) is 3.11. The Hall–Kier alpha value is -0.380. The van der Waals surface area contributed by atoms with E-state index in [-0.39, 0.29) is 12.1 Å². The third kappa shape index (κ3) is 1.52. The van der Waals surface area contributed by atoms with Crippen LogP contribution in [0.15, 0.2) is 22.7 Å². The Labute approximate surface area is 86.1 Å². The van der Waals surface area contributed by atoms with Gasteiger partial charge in [0.15, 0.2) is 0 Å². The minimum Gasteiger partial charge on any atom is -0.387 e. The monoisotopic (exact) mass is 241 g/mol. The summed E-state index contributed by atoms with van der Waals surface area (Å²) in [6.07, 6.45) is 0.556. The number of nitrogens with one attached hydrogen (secondary N) is 1. The van der Waals surface area contributed by atoms with Crippen LogP contribution in [0.2, 0.25) is 0 Å². The van der Waals surface area contributed by atoms with E-state index in [0.717, 1.165) is 16.5 Å². The molecule has 1 aliphatic carbocycles. The minimum absolute atomic E-state index is 0.171. The molecule has 0 fully saturated rings. The van der Waals surface area contributed by atoms with Crippen LogP contribution in [0.5, 0.6) is 0 Å². The van der Waals surface area contributed by atoms with Crippen LogP contribution in [0.3, 0.4) is 0 Å². The number of aliphatic hydroxyl groups excluding tert-OH is 1. The smallest absolute Gasteiger partial charge is 0.0948 e.